The Morgan fingerprint density at radius 1 is 0.758 bits per heavy atom. The largest absolute Gasteiger partial charge is 0.455 e. The summed E-state index contributed by atoms with van der Waals surface area (Å²) >= 11 is 0. The summed E-state index contributed by atoms with van der Waals surface area (Å²) < 4.78 is 9.06. The molecule has 4 aromatic carbocycles. The lowest BCUT2D eigenvalue weighted by Gasteiger charge is -2.28. The molecule has 5 aromatic rings. The van der Waals surface area contributed by atoms with E-state index in [0.29, 0.717) is 0 Å². The minimum absolute atomic E-state index is 0.982. The smallest absolute Gasteiger partial charge is 0.228 e. The first-order valence-electron chi connectivity index (χ1n) is 11.6. The van der Waals surface area contributed by atoms with Crippen LogP contribution < -0.4 is 19.7 Å². The zero-order valence-electron chi connectivity index (χ0n) is 19.9. The van der Waals surface area contributed by atoms with Gasteiger partial charge in [-0.2, -0.15) is 0 Å². The van der Waals surface area contributed by atoms with Crippen molar-refractivity contribution in [3.05, 3.63) is 90.1 Å². The summed E-state index contributed by atoms with van der Waals surface area (Å²) in [5, 5.41) is 7.87. The number of nitrogens with zero attached hydrogens (tertiary/aromatic N) is 1. The van der Waals surface area contributed by atoms with Crippen molar-refractivity contribution in [1.82, 2.24) is 0 Å². The van der Waals surface area contributed by atoms with Gasteiger partial charge in [-0.25, -0.2) is 4.57 Å². The molecule has 6 rings (SSSR count). The number of aromatic nitrogens is 1. The molecule has 0 bridgehead atoms. The number of benzene rings is 4. The van der Waals surface area contributed by atoms with Gasteiger partial charge in [0.1, 0.15) is 26.6 Å². The van der Waals surface area contributed by atoms with Crippen LogP contribution in [0.5, 0.6) is 11.5 Å². The van der Waals surface area contributed by atoms with Gasteiger partial charge in [0, 0.05) is 11.6 Å². The van der Waals surface area contributed by atoms with Crippen LogP contribution in [0.15, 0.2) is 79.0 Å². The minimum atomic E-state index is -1.87. The van der Waals surface area contributed by atoms with Crippen LogP contribution in [-0.2, 0) is 7.05 Å². The fourth-order valence-electron chi connectivity index (χ4n) is 5.50. The Balaban J connectivity index is 1.69. The minimum Gasteiger partial charge on any atom is -0.455 e. The number of ether oxygens (including phenoxy) is 1. The van der Waals surface area contributed by atoms with Crippen LogP contribution in [0.25, 0.3) is 32.8 Å². The molecule has 0 aliphatic carbocycles. The first kappa shape index (κ1) is 20.2. The van der Waals surface area contributed by atoms with Gasteiger partial charge in [-0.05, 0) is 41.6 Å². The van der Waals surface area contributed by atoms with Gasteiger partial charge in [-0.1, -0.05) is 84.1 Å². The second-order valence-electron chi connectivity index (χ2n) is 9.81. The van der Waals surface area contributed by atoms with E-state index in [4.69, 9.17) is 4.74 Å². The Hall–Kier alpha value is -3.43. The van der Waals surface area contributed by atoms with Gasteiger partial charge in [0.15, 0.2) is 6.20 Å². The molecule has 0 saturated heterocycles. The number of aryl methyl sites for hydroxylation is 3. The Morgan fingerprint density at radius 3 is 2.15 bits per heavy atom. The molecule has 1 aliphatic rings. The molecular weight excluding hydrogens is 418 g/mol. The maximum atomic E-state index is 6.80. The Bertz CT molecular complexity index is 1580. The van der Waals surface area contributed by atoms with E-state index in [0.717, 1.165) is 11.5 Å². The molecule has 0 radical (unpaired) electrons. The first-order chi connectivity index (χ1) is 15.9. The van der Waals surface area contributed by atoms with Crippen LogP contribution in [0, 0.1) is 13.8 Å². The van der Waals surface area contributed by atoms with Crippen molar-refractivity contribution in [3.8, 4) is 22.8 Å². The van der Waals surface area contributed by atoms with Crippen LogP contribution in [0.1, 0.15) is 11.1 Å². The van der Waals surface area contributed by atoms with Crippen molar-refractivity contribution in [2.45, 2.75) is 26.9 Å². The van der Waals surface area contributed by atoms with E-state index in [9.17, 15) is 0 Å². The van der Waals surface area contributed by atoms with Gasteiger partial charge in [-0.3, -0.25) is 0 Å². The van der Waals surface area contributed by atoms with Gasteiger partial charge < -0.3 is 4.74 Å². The molecule has 2 heterocycles. The summed E-state index contributed by atoms with van der Waals surface area (Å²) in [6, 6.07) is 26.6. The number of hydrogen-bond donors (Lipinski definition) is 0. The van der Waals surface area contributed by atoms with E-state index in [1.807, 2.05) is 0 Å². The molecule has 0 spiro atoms. The normalized spacial score (nSPS) is 12.6. The highest BCUT2D eigenvalue weighted by Gasteiger charge is 2.34. The standard InChI is InChI=1S/C30H28NOSi/c1-19-24-13-9-10-14-25(24)20(2)30-27(19)29-28-21(15-16-31(29)3)17-23(18-26(28)32-30)33(4,5)22-11-7-6-8-12-22/h6-18H,1-5H3/q+1. The molecule has 0 atom stereocenters. The van der Waals surface area contributed by atoms with Gasteiger partial charge in [-0.15, -0.1) is 0 Å². The average molecular weight is 447 g/mol. The maximum Gasteiger partial charge on any atom is 0.228 e. The number of fused-ring (bicyclic) bond motifs is 3. The predicted octanol–water partition coefficient (Wildman–Crippen LogP) is 6.03. The lowest BCUT2D eigenvalue weighted by molar-refractivity contribution is -0.659. The Labute approximate surface area is 196 Å². The monoisotopic (exact) mass is 446 g/mol. The molecule has 1 aliphatic heterocycles. The Morgan fingerprint density at radius 2 is 1.42 bits per heavy atom. The van der Waals surface area contributed by atoms with Crippen LogP contribution in [0.4, 0.5) is 0 Å². The molecule has 3 heteroatoms. The summed E-state index contributed by atoms with van der Waals surface area (Å²) in [6.45, 7) is 9.28. The SMILES string of the molecule is Cc1c2c(c(C)c3ccccc13)-c1c3c(cc([Si](C)(C)c4ccccc4)cc3cc[n+]1C)O2. The zero-order valence-corrected chi connectivity index (χ0v) is 20.9. The van der Waals surface area contributed by atoms with E-state index >= 15 is 0 Å². The van der Waals surface area contributed by atoms with Crippen molar-refractivity contribution in [3.63, 3.8) is 0 Å². The molecule has 0 amide bonds. The third-order valence-corrected chi connectivity index (χ3v) is 11.1. The van der Waals surface area contributed by atoms with Gasteiger partial charge in [0.05, 0.1) is 10.9 Å². The van der Waals surface area contributed by atoms with Gasteiger partial charge in [0.25, 0.3) is 0 Å². The summed E-state index contributed by atoms with van der Waals surface area (Å²) in [6.07, 6.45) is 2.20. The van der Waals surface area contributed by atoms with Crippen molar-refractivity contribution in [2.75, 3.05) is 0 Å². The van der Waals surface area contributed by atoms with Crippen molar-refractivity contribution >= 4 is 40.0 Å². The van der Waals surface area contributed by atoms with Crippen molar-refractivity contribution in [1.29, 1.82) is 0 Å². The average Bonchev–Trinajstić information content (AvgIpc) is 2.84. The highest BCUT2D eigenvalue weighted by Crippen LogP contribution is 2.49. The molecule has 0 unspecified atom stereocenters. The summed E-state index contributed by atoms with van der Waals surface area (Å²) in [5.41, 5.74) is 4.96. The molecule has 1 aromatic heterocycles. The van der Waals surface area contributed by atoms with E-state index in [1.54, 1.807) is 0 Å². The number of pyridine rings is 1. The van der Waals surface area contributed by atoms with Crippen LogP contribution in [-0.4, -0.2) is 8.07 Å². The van der Waals surface area contributed by atoms with Gasteiger partial charge >= 0.3 is 0 Å². The fourth-order valence-corrected chi connectivity index (χ4v) is 7.87. The quantitative estimate of drug-likeness (QED) is 0.234. The summed E-state index contributed by atoms with van der Waals surface area (Å²) in [7, 11) is 0.273. The maximum absolute atomic E-state index is 6.80. The van der Waals surface area contributed by atoms with E-state index in [1.165, 1.54) is 54.3 Å². The molecular formula is C30H28NOSi+. The first-order valence-corrected chi connectivity index (χ1v) is 14.6. The predicted molar refractivity (Wildman–Crippen MR) is 141 cm³/mol. The van der Waals surface area contributed by atoms with E-state index in [-0.39, 0.29) is 0 Å². The van der Waals surface area contributed by atoms with Gasteiger partial charge in [0.2, 0.25) is 5.69 Å². The van der Waals surface area contributed by atoms with Crippen LogP contribution >= 0.6 is 0 Å². The molecule has 0 saturated carbocycles. The highest BCUT2D eigenvalue weighted by atomic mass is 28.3. The lowest BCUT2D eigenvalue weighted by atomic mass is 9.89. The molecule has 33 heavy (non-hydrogen) atoms. The second-order valence-corrected chi connectivity index (χ2v) is 14.2. The number of rotatable bonds is 2. The zero-order chi connectivity index (χ0) is 22.9. The van der Waals surface area contributed by atoms with E-state index < -0.39 is 8.07 Å². The van der Waals surface area contributed by atoms with Crippen LogP contribution in [0.3, 0.4) is 0 Å². The van der Waals surface area contributed by atoms with Crippen LogP contribution in [0.2, 0.25) is 13.1 Å². The van der Waals surface area contributed by atoms with Crippen molar-refractivity contribution in [2.24, 2.45) is 7.05 Å². The molecule has 162 valence electrons. The lowest BCUT2D eigenvalue weighted by Crippen LogP contribution is -2.52. The second kappa shape index (κ2) is 7.03. The third-order valence-electron chi connectivity index (χ3n) is 7.54. The molecule has 0 fully saturated rings. The van der Waals surface area contributed by atoms with E-state index in [2.05, 4.69) is 118 Å². The highest BCUT2D eigenvalue weighted by molar-refractivity contribution is 7.00. The molecule has 2 nitrogen and oxygen atoms in total. The topological polar surface area (TPSA) is 13.1 Å². The Kier molecular flexibility index (Phi) is 4.30. The summed E-state index contributed by atoms with van der Waals surface area (Å²) in [5.74, 6) is 1.98. The molecule has 0 N–H and O–H groups in total. The fraction of sp³-hybridized carbons (Fsp3) is 0.167. The number of hydrogen-bond acceptors (Lipinski definition) is 1. The summed E-state index contributed by atoms with van der Waals surface area (Å²) in [4.78, 5) is 0. The third kappa shape index (κ3) is 2.82. The van der Waals surface area contributed by atoms with Crippen molar-refractivity contribution < 1.29 is 9.30 Å².